The molecule has 0 aliphatic carbocycles. The molecule has 3 heterocycles. The lowest BCUT2D eigenvalue weighted by Crippen LogP contribution is -2.64. The van der Waals surface area contributed by atoms with Crippen molar-refractivity contribution in [3.05, 3.63) is 131 Å². The van der Waals surface area contributed by atoms with Crippen molar-refractivity contribution in [2.45, 2.75) is 18.0 Å². The number of methoxy groups -OCH3 is 4. The lowest BCUT2D eigenvalue weighted by Gasteiger charge is -2.50. The molecule has 0 bridgehead atoms. The molecule has 10 nitrogen and oxygen atoms in total. The number of carbonyl (C=O) groups is 4. The molecule has 0 radical (unpaired) electrons. The molecule has 240 valence electrons. The summed E-state index contributed by atoms with van der Waals surface area (Å²) in [7, 11) is 5.16. The van der Waals surface area contributed by atoms with Crippen LogP contribution in [0, 0.1) is 11.7 Å². The molecule has 0 fully saturated rings. The number of amides is 1. The van der Waals surface area contributed by atoms with Crippen molar-refractivity contribution in [2.24, 2.45) is 5.92 Å². The molecule has 1 spiro atoms. The fourth-order valence-electron chi connectivity index (χ4n) is 6.82. The van der Waals surface area contributed by atoms with Crippen molar-refractivity contribution >= 4 is 29.3 Å². The Hall–Kier alpha value is -5.71. The van der Waals surface area contributed by atoms with Crippen molar-refractivity contribution in [3.8, 4) is 5.75 Å². The van der Waals surface area contributed by atoms with Crippen LogP contribution in [-0.2, 0) is 40.6 Å². The van der Waals surface area contributed by atoms with Gasteiger partial charge in [-0.1, -0.05) is 30.3 Å². The molecule has 11 heteroatoms. The second-order valence-corrected chi connectivity index (χ2v) is 11.1. The Bertz CT molecular complexity index is 1870. The molecular weight excluding hydrogens is 607 g/mol. The molecule has 1 unspecified atom stereocenters. The van der Waals surface area contributed by atoms with Crippen LogP contribution >= 0.6 is 0 Å². The highest BCUT2D eigenvalue weighted by Gasteiger charge is 2.68. The number of nitrogens with zero attached hydrogens (tertiary/aromatic N) is 2. The van der Waals surface area contributed by atoms with Crippen molar-refractivity contribution in [1.29, 1.82) is 0 Å². The molecule has 3 aliphatic heterocycles. The first-order valence-corrected chi connectivity index (χ1v) is 14.7. The molecule has 0 N–H and O–H groups in total. The number of allylic oxidation sites excluding steroid dienone is 1. The average Bonchev–Trinajstić information content (AvgIpc) is 3.33. The van der Waals surface area contributed by atoms with Gasteiger partial charge in [0, 0.05) is 17.5 Å². The fraction of sp³-hybridized carbons (Fsp3) is 0.222. The van der Waals surface area contributed by atoms with E-state index < -0.39 is 52.4 Å². The smallest absolute Gasteiger partial charge is 0.355 e. The van der Waals surface area contributed by atoms with Crippen molar-refractivity contribution in [3.63, 3.8) is 0 Å². The Morgan fingerprint density at radius 1 is 0.872 bits per heavy atom. The highest BCUT2D eigenvalue weighted by Crippen LogP contribution is 2.58. The normalized spacial score (nSPS) is 21.2. The topological polar surface area (TPSA) is 112 Å². The number of hydrogen-bond donors (Lipinski definition) is 0. The molecule has 3 aromatic carbocycles. The number of ketones is 1. The second-order valence-electron chi connectivity index (χ2n) is 11.1. The fourth-order valence-corrected chi connectivity index (χ4v) is 6.82. The minimum absolute atomic E-state index is 0.0774. The number of halogens is 1. The highest BCUT2D eigenvalue weighted by atomic mass is 19.1. The predicted molar refractivity (Wildman–Crippen MR) is 167 cm³/mol. The zero-order chi connectivity index (χ0) is 33.5. The average molecular weight is 639 g/mol. The maximum Gasteiger partial charge on any atom is 0.355 e. The number of hydrogen-bond acceptors (Lipinski definition) is 9. The van der Waals surface area contributed by atoms with Crippen molar-refractivity contribution < 1.29 is 42.5 Å². The quantitative estimate of drug-likeness (QED) is 0.261. The van der Waals surface area contributed by atoms with E-state index in [1.807, 2.05) is 30.3 Å². The third-order valence-corrected chi connectivity index (χ3v) is 8.88. The largest absolute Gasteiger partial charge is 0.497 e. The second kappa shape index (κ2) is 12.2. The summed E-state index contributed by atoms with van der Waals surface area (Å²) in [5.41, 5.74) is -1.30. The lowest BCUT2D eigenvalue weighted by molar-refractivity contribution is -0.143. The number of anilines is 1. The minimum Gasteiger partial charge on any atom is -0.497 e. The van der Waals surface area contributed by atoms with E-state index in [2.05, 4.69) is 0 Å². The number of ether oxygens (including phenoxy) is 4. The van der Waals surface area contributed by atoms with Crippen LogP contribution in [-0.4, -0.2) is 63.0 Å². The molecule has 0 saturated heterocycles. The lowest BCUT2D eigenvalue weighted by atomic mass is 9.58. The Labute approximate surface area is 270 Å². The summed E-state index contributed by atoms with van der Waals surface area (Å²) in [6.07, 6.45) is 4.60. The Kier molecular flexibility index (Phi) is 8.14. The molecule has 3 aromatic rings. The molecule has 6 rings (SSSR count). The van der Waals surface area contributed by atoms with Crippen LogP contribution in [0.15, 0.2) is 108 Å². The van der Waals surface area contributed by atoms with Gasteiger partial charge in [-0.2, -0.15) is 0 Å². The van der Waals surface area contributed by atoms with Gasteiger partial charge in [0.25, 0.3) is 0 Å². The summed E-state index contributed by atoms with van der Waals surface area (Å²) in [6, 6.07) is 18.1. The highest BCUT2D eigenvalue weighted by molar-refractivity contribution is 6.19. The summed E-state index contributed by atoms with van der Waals surface area (Å²) in [5, 5.41) is 0. The van der Waals surface area contributed by atoms with Crippen LogP contribution in [0.5, 0.6) is 5.75 Å². The van der Waals surface area contributed by atoms with Gasteiger partial charge < -0.3 is 28.7 Å². The monoisotopic (exact) mass is 638 g/mol. The maximum absolute atomic E-state index is 15.4. The molecule has 47 heavy (non-hydrogen) atoms. The molecule has 0 saturated carbocycles. The van der Waals surface area contributed by atoms with Gasteiger partial charge in [0.15, 0.2) is 5.78 Å². The van der Waals surface area contributed by atoms with Crippen molar-refractivity contribution in [2.75, 3.05) is 33.3 Å². The number of benzene rings is 3. The number of rotatable bonds is 8. The molecule has 1 amide bonds. The summed E-state index contributed by atoms with van der Waals surface area (Å²) in [4.78, 5) is 60.7. The van der Waals surface area contributed by atoms with E-state index in [1.54, 1.807) is 24.3 Å². The minimum atomic E-state index is -2.00. The molecule has 3 atom stereocenters. The molecular formula is C36H31FN2O8. The third-order valence-electron chi connectivity index (χ3n) is 8.88. The Balaban J connectivity index is 1.73. The summed E-state index contributed by atoms with van der Waals surface area (Å²) < 4.78 is 36.6. The van der Waals surface area contributed by atoms with Gasteiger partial charge in [-0.15, -0.1) is 0 Å². The van der Waals surface area contributed by atoms with E-state index in [4.69, 9.17) is 18.9 Å². The maximum atomic E-state index is 15.4. The first-order chi connectivity index (χ1) is 22.7. The van der Waals surface area contributed by atoms with E-state index in [0.717, 1.165) is 19.8 Å². The van der Waals surface area contributed by atoms with Gasteiger partial charge in [0.1, 0.15) is 28.4 Å². The van der Waals surface area contributed by atoms with E-state index >= 15 is 9.18 Å². The van der Waals surface area contributed by atoms with Gasteiger partial charge in [-0.25, -0.2) is 14.0 Å². The van der Waals surface area contributed by atoms with Crippen LogP contribution in [0.2, 0.25) is 0 Å². The van der Waals surface area contributed by atoms with E-state index in [-0.39, 0.29) is 23.4 Å². The standard InChI is InChI=1S/C36H31FN2O8/c1-44-24-13-10-22(11-14-24)32(40)30-29(33(41)46-3)31(34(42)47-4)38-17-16-25(45-2)19-28(38)36(30)26-18-23(37)12-15-27(26)39(35(36)43)20-21-8-6-5-7-9-21/h5-19,28,30H,20H2,1-4H3/t28?,30-,36-/m1/s1. The number of esters is 2. The number of carbonyl (C=O) groups excluding carboxylic acids is 4. The van der Waals surface area contributed by atoms with Crippen LogP contribution < -0.4 is 9.64 Å². The van der Waals surface area contributed by atoms with Gasteiger partial charge in [0.2, 0.25) is 5.91 Å². The predicted octanol–water partition coefficient (Wildman–Crippen LogP) is 4.46. The van der Waals surface area contributed by atoms with Crippen molar-refractivity contribution in [1.82, 2.24) is 4.90 Å². The van der Waals surface area contributed by atoms with Gasteiger partial charge in [0.05, 0.1) is 52.5 Å². The van der Waals surface area contributed by atoms with Crippen LogP contribution in [0.4, 0.5) is 10.1 Å². The summed E-state index contributed by atoms with van der Waals surface area (Å²) >= 11 is 0. The van der Waals surface area contributed by atoms with Gasteiger partial charge in [-0.3, -0.25) is 9.59 Å². The zero-order valence-electron chi connectivity index (χ0n) is 26.1. The Morgan fingerprint density at radius 3 is 2.21 bits per heavy atom. The zero-order valence-corrected chi connectivity index (χ0v) is 26.1. The first-order valence-electron chi connectivity index (χ1n) is 14.7. The first kappa shape index (κ1) is 31.3. The Morgan fingerprint density at radius 2 is 1.57 bits per heavy atom. The van der Waals surface area contributed by atoms with Crippen LogP contribution in [0.25, 0.3) is 0 Å². The van der Waals surface area contributed by atoms with E-state index in [9.17, 15) is 14.4 Å². The molecule has 0 aromatic heterocycles. The third kappa shape index (κ3) is 4.86. The van der Waals surface area contributed by atoms with Crippen LogP contribution in [0.1, 0.15) is 21.5 Å². The van der Waals surface area contributed by atoms with Gasteiger partial charge >= 0.3 is 11.9 Å². The SMILES string of the molecule is COC(=O)C1=C(C(=O)OC)N2C=CC(OC)=CC2[C@@]2(C(=O)N(Cc3ccccc3)c3ccc(F)cc32)[C@H]1C(=O)c1ccc(OC)cc1. The van der Waals surface area contributed by atoms with Gasteiger partial charge in [-0.05, 0) is 65.7 Å². The summed E-state index contributed by atoms with van der Waals surface area (Å²) in [6.45, 7) is 0.0774. The van der Waals surface area contributed by atoms with E-state index in [1.165, 1.54) is 60.6 Å². The van der Waals surface area contributed by atoms with Crippen LogP contribution in [0.3, 0.4) is 0 Å². The number of Topliss-reactive ketones (excluding diaryl/α,β-unsaturated/α-hetero) is 1. The number of fused-ring (bicyclic) bond motifs is 4. The van der Waals surface area contributed by atoms with E-state index in [0.29, 0.717) is 17.2 Å². The summed E-state index contributed by atoms with van der Waals surface area (Å²) in [5.74, 6) is -4.80. The molecule has 3 aliphatic rings.